The molecular formula is C16H25FN2O. The first kappa shape index (κ1) is 15.3. The van der Waals surface area contributed by atoms with E-state index < -0.39 is 0 Å². The lowest BCUT2D eigenvalue weighted by Crippen LogP contribution is -2.42. The minimum Gasteiger partial charge on any atom is -0.396 e. The fraction of sp³-hybridized carbons (Fsp3) is 0.625. The van der Waals surface area contributed by atoms with Crippen molar-refractivity contribution < 1.29 is 9.50 Å². The average molecular weight is 280 g/mol. The quantitative estimate of drug-likeness (QED) is 0.806. The highest BCUT2D eigenvalue weighted by atomic mass is 19.1. The Morgan fingerprint density at radius 2 is 2.20 bits per heavy atom. The van der Waals surface area contributed by atoms with Crippen LogP contribution in [-0.2, 0) is 0 Å². The Bertz CT molecular complexity index is 434. The lowest BCUT2D eigenvalue weighted by molar-refractivity contribution is 0.282. The van der Waals surface area contributed by atoms with Crippen molar-refractivity contribution in [1.82, 2.24) is 5.32 Å². The van der Waals surface area contributed by atoms with Gasteiger partial charge in [0, 0.05) is 25.2 Å². The topological polar surface area (TPSA) is 35.5 Å². The summed E-state index contributed by atoms with van der Waals surface area (Å²) in [5.74, 6) is -0.158. The van der Waals surface area contributed by atoms with Crippen LogP contribution in [0.15, 0.2) is 18.2 Å². The van der Waals surface area contributed by atoms with Crippen molar-refractivity contribution in [2.24, 2.45) is 0 Å². The van der Waals surface area contributed by atoms with Gasteiger partial charge in [0.25, 0.3) is 0 Å². The van der Waals surface area contributed by atoms with Crippen LogP contribution in [0.5, 0.6) is 0 Å². The van der Waals surface area contributed by atoms with Gasteiger partial charge in [0.15, 0.2) is 0 Å². The molecule has 0 radical (unpaired) electrons. The molecule has 1 aromatic carbocycles. The maximum Gasteiger partial charge on any atom is 0.146 e. The number of rotatable bonds is 7. The number of para-hydroxylation sites is 1. The van der Waals surface area contributed by atoms with Crippen molar-refractivity contribution in [3.63, 3.8) is 0 Å². The zero-order chi connectivity index (χ0) is 14.5. The molecule has 0 bridgehead atoms. The van der Waals surface area contributed by atoms with Crippen LogP contribution in [0, 0.1) is 5.82 Å². The van der Waals surface area contributed by atoms with Gasteiger partial charge in [-0.25, -0.2) is 4.39 Å². The third-order valence-corrected chi connectivity index (χ3v) is 4.28. The summed E-state index contributed by atoms with van der Waals surface area (Å²) >= 11 is 0. The summed E-state index contributed by atoms with van der Waals surface area (Å²) < 4.78 is 14.4. The SMILES string of the molecule is CNC(C)c1cccc(F)c1N(CCCO)C1CCC1. The maximum atomic E-state index is 14.4. The number of benzene rings is 1. The van der Waals surface area contributed by atoms with E-state index in [2.05, 4.69) is 10.2 Å². The van der Waals surface area contributed by atoms with Crippen LogP contribution in [0.4, 0.5) is 10.1 Å². The first-order valence-corrected chi connectivity index (χ1v) is 7.52. The predicted molar refractivity (Wildman–Crippen MR) is 80.6 cm³/mol. The molecule has 1 aliphatic carbocycles. The van der Waals surface area contributed by atoms with E-state index in [1.54, 1.807) is 6.07 Å². The van der Waals surface area contributed by atoms with Crippen LogP contribution < -0.4 is 10.2 Å². The number of anilines is 1. The highest BCUT2D eigenvalue weighted by Gasteiger charge is 2.29. The van der Waals surface area contributed by atoms with Gasteiger partial charge in [0.2, 0.25) is 0 Å². The minimum atomic E-state index is -0.158. The minimum absolute atomic E-state index is 0.109. The van der Waals surface area contributed by atoms with Crippen molar-refractivity contribution in [2.75, 3.05) is 25.1 Å². The summed E-state index contributed by atoms with van der Waals surface area (Å²) in [7, 11) is 1.89. The van der Waals surface area contributed by atoms with Crippen LogP contribution in [0.1, 0.15) is 44.2 Å². The molecule has 0 amide bonds. The van der Waals surface area contributed by atoms with Gasteiger partial charge in [0.1, 0.15) is 5.82 Å². The molecule has 2 rings (SSSR count). The molecule has 0 aliphatic heterocycles. The standard InChI is InChI=1S/C16H25FN2O/c1-12(18-2)14-8-4-9-15(17)16(14)19(10-5-11-20)13-6-3-7-13/h4,8-9,12-13,18,20H,3,5-7,10-11H2,1-2H3. The van der Waals surface area contributed by atoms with Gasteiger partial charge in [0.05, 0.1) is 5.69 Å². The summed E-state index contributed by atoms with van der Waals surface area (Å²) in [4.78, 5) is 2.16. The second-order valence-corrected chi connectivity index (χ2v) is 5.54. The Kier molecular flexibility index (Phi) is 5.38. The molecule has 20 heavy (non-hydrogen) atoms. The number of aliphatic hydroxyl groups is 1. The van der Waals surface area contributed by atoms with Gasteiger partial charge >= 0.3 is 0 Å². The van der Waals surface area contributed by atoms with E-state index in [-0.39, 0.29) is 18.5 Å². The van der Waals surface area contributed by atoms with Crippen molar-refractivity contribution in [3.8, 4) is 0 Å². The molecule has 0 aromatic heterocycles. The van der Waals surface area contributed by atoms with Gasteiger partial charge in [-0.05, 0) is 51.3 Å². The summed E-state index contributed by atoms with van der Waals surface area (Å²) in [5.41, 5.74) is 1.71. The first-order chi connectivity index (χ1) is 9.69. The Hall–Kier alpha value is -1.13. The van der Waals surface area contributed by atoms with E-state index in [4.69, 9.17) is 5.11 Å². The van der Waals surface area contributed by atoms with Crippen LogP contribution in [0.25, 0.3) is 0 Å². The number of aliphatic hydroxyl groups excluding tert-OH is 1. The highest BCUT2D eigenvalue weighted by molar-refractivity contribution is 5.57. The van der Waals surface area contributed by atoms with Gasteiger partial charge in [-0.15, -0.1) is 0 Å². The second-order valence-electron chi connectivity index (χ2n) is 5.54. The van der Waals surface area contributed by atoms with Crippen molar-refractivity contribution in [1.29, 1.82) is 0 Å². The van der Waals surface area contributed by atoms with E-state index in [1.165, 1.54) is 12.5 Å². The molecule has 1 unspecified atom stereocenters. The molecule has 3 nitrogen and oxygen atoms in total. The van der Waals surface area contributed by atoms with Gasteiger partial charge in [-0.1, -0.05) is 12.1 Å². The smallest absolute Gasteiger partial charge is 0.146 e. The summed E-state index contributed by atoms with van der Waals surface area (Å²) in [6.07, 6.45) is 4.13. The predicted octanol–water partition coefficient (Wildman–Crippen LogP) is 2.85. The Balaban J connectivity index is 2.34. The van der Waals surface area contributed by atoms with E-state index >= 15 is 0 Å². The third kappa shape index (κ3) is 3.13. The zero-order valence-electron chi connectivity index (χ0n) is 12.4. The molecule has 112 valence electrons. The van der Waals surface area contributed by atoms with Gasteiger partial charge in [-0.3, -0.25) is 0 Å². The average Bonchev–Trinajstić information content (AvgIpc) is 2.40. The second kappa shape index (κ2) is 7.04. The summed E-state index contributed by atoms with van der Waals surface area (Å²) in [6.45, 7) is 2.91. The van der Waals surface area contributed by atoms with Crippen molar-refractivity contribution in [2.45, 2.75) is 44.7 Å². The Morgan fingerprint density at radius 1 is 1.45 bits per heavy atom. The molecule has 1 aliphatic rings. The van der Waals surface area contributed by atoms with Gasteiger partial charge < -0.3 is 15.3 Å². The molecule has 0 spiro atoms. The molecule has 1 atom stereocenters. The van der Waals surface area contributed by atoms with Crippen LogP contribution in [0.2, 0.25) is 0 Å². The normalized spacial score (nSPS) is 16.8. The van der Waals surface area contributed by atoms with E-state index in [9.17, 15) is 4.39 Å². The fourth-order valence-electron chi connectivity index (χ4n) is 2.76. The largest absolute Gasteiger partial charge is 0.396 e. The number of hydrogen-bond donors (Lipinski definition) is 2. The number of halogens is 1. The molecule has 2 N–H and O–H groups in total. The van der Waals surface area contributed by atoms with Crippen LogP contribution >= 0.6 is 0 Å². The lowest BCUT2D eigenvalue weighted by Gasteiger charge is -2.41. The molecule has 0 saturated heterocycles. The maximum absolute atomic E-state index is 14.4. The Morgan fingerprint density at radius 3 is 2.75 bits per heavy atom. The zero-order valence-corrected chi connectivity index (χ0v) is 12.4. The number of nitrogens with one attached hydrogen (secondary N) is 1. The highest BCUT2D eigenvalue weighted by Crippen LogP contribution is 2.35. The summed E-state index contributed by atoms with van der Waals surface area (Å²) in [6, 6.07) is 5.82. The fourth-order valence-corrected chi connectivity index (χ4v) is 2.76. The van der Waals surface area contributed by atoms with Crippen LogP contribution in [-0.4, -0.2) is 31.3 Å². The van der Waals surface area contributed by atoms with E-state index in [0.717, 1.165) is 18.4 Å². The van der Waals surface area contributed by atoms with E-state index in [1.807, 2.05) is 20.0 Å². The lowest BCUT2D eigenvalue weighted by atomic mass is 9.90. The Labute approximate surface area is 120 Å². The third-order valence-electron chi connectivity index (χ3n) is 4.28. The number of nitrogens with zero attached hydrogens (tertiary/aromatic N) is 1. The molecule has 1 fully saturated rings. The molecule has 4 heteroatoms. The summed E-state index contributed by atoms with van der Waals surface area (Å²) in [5, 5.41) is 12.3. The van der Waals surface area contributed by atoms with Crippen LogP contribution in [0.3, 0.4) is 0 Å². The molecule has 0 heterocycles. The van der Waals surface area contributed by atoms with E-state index in [0.29, 0.717) is 24.7 Å². The first-order valence-electron chi connectivity index (χ1n) is 7.52. The molecule has 1 aromatic rings. The number of hydrogen-bond acceptors (Lipinski definition) is 3. The molecule has 1 saturated carbocycles. The van der Waals surface area contributed by atoms with Crippen molar-refractivity contribution in [3.05, 3.63) is 29.6 Å². The van der Waals surface area contributed by atoms with Crippen molar-refractivity contribution >= 4 is 5.69 Å². The monoisotopic (exact) mass is 280 g/mol. The van der Waals surface area contributed by atoms with Gasteiger partial charge in [-0.2, -0.15) is 0 Å². The molecular weight excluding hydrogens is 255 g/mol.